The van der Waals surface area contributed by atoms with E-state index in [2.05, 4.69) is 15.2 Å². The molecule has 5 nitrogen and oxygen atoms in total. The van der Waals surface area contributed by atoms with Gasteiger partial charge in [-0.25, -0.2) is 14.2 Å². The lowest BCUT2D eigenvalue weighted by Crippen LogP contribution is -2.49. The van der Waals surface area contributed by atoms with Gasteiger partial charge >= 0.3 is 6.09 Å². The third kappa shape index (κ3) is 5.73. The van der Waals surface area contributed by atoms with Gasteiger partial charge in [0.05, 0.1) is 5.02 Å². The van der Waals surface area contributed by atoms with Crippen molar-refractivity contribution >= 4 is 35.0 Å². The van der Waals surface area contributed by atoms with Crippen molar-refractivity contribution in [3.05, 3.63) is 46.5 Å². The monoisotopic (exact) mass is 439 g/mol. The summed E-state index contributed by atoms with van der Waals surface area (Å²) >= 11 is 12.1. The molecular weight excluding hydrogens is 416 g/mol. The highest BCUT2D eigenvalue weighted by atomic mass is 35.5. The zero-order valence-corrected chi connectivity index (χ0v) is 18.1. The summed E-state index contributed by atoms with van der Waals surface area (Å²) in [5.74, 6) is -0.474. The van der Waals surface area contributed by atoms with Crippen LogP contribution in [0.3, 0.4) is 0 Å². The van der Waals surface area contributed by atoms with Gasteiger partial charge in [0.1, 0.15) is 16.6 Å². The fourth-order valence-corrected chi connectivity index (χ4v) is 3.69. The third-order valence-corrected chi connectivity index (χ3v) is 5.06. The first-order chi connectivity index (χ1) is 13.6. The van der Waals surface area contributed by atoms with Crippen LogP contribution in [-0.4, -0.2) is 35.8 Å². The number of nitrogens with zero attached hydrogens (tertiary/aromatic N) is 2. The number of aromatic nitrogens is 1. The number of rotatable bonds is 3. The fourth-order valence-electron chi connectivity index (χ4n) is 3.36. The van der Waals surface area contributed by atoms with Crippen molar-refractivity contribution in [2.45, 2.75) is 45.3 Å². The number of carbonyl (C=O) groups is 1. The normalized spacial score (nSPS) is 17.2. The molecular formula is C21H24Cl2FN3O2. The minimum atomic E-state index is -0.550. The quantitative estimate of drug-likeness (QED) is 0.624. The lowest BCUT2D eigenvalue weighted by molar-refractivity contribution is 0.0500. The van der Waals surface area contributed by atoms with Crippen molar-refractivity contribution in [3.63, 3.8) is 0 Å². The highest BCUT2D eigenvalue weighted by molar-refractivity contribution is 6.31. The molecule has 8 heteroatoms. The Kier molecular flexibility index (Phi) is 6.54. The molecule has 1 aliphatic heterocycles. The minimum Gasteiger partial charge on any atom is -0.444 e. The predicted molar refractivity (Wildman–Crippen MR) is 114 cm³/mol. The molecule has 1 atom stereocenters. The Morgan fingerprint density at radius 2 is 2.07 bits per heavy atom. The summed E-state index contributed by atoms with van der Waals surface area (Å²) in [4.78, 5) is 18.5. The second-order valence-electron chi connectivity index (χ2n) is 8.08. The molecule has 29 heavy (non-hydrogen) atoms. The number of halogens is 3. The van der Waals surface area contributed by atoms with E-state index in [1.54, 1.807) is 24.4 Å². The van der Waals surface area contributed by atoms with Crippen LogP contribution < -0.4 is 10.2 Å². The van der Waals surface area contributed by atoms with Gasteiger partial charge in [-0.3, -0.25) is 0 Å². The molecule has 0 radical (unpaired) electrons. The van der Waals surface area contributed by atoms with E-state index in [9.17, 15) is 9.18 Å². The van der Waals surface area contributed by atoms with Crippen LogP contribution in [0.5, 0.6) is 0 Å². The van der Waals surface area contributed by atoms with Crippen LogP contribution in [-0.2, 0) is 4.74 Å². The number of carbonyl (C=O) groups excluding carboxylic acids is 1. The van der Waals surface area contributed by atoms with Gasteiger partial charge in [-0.1, -0.05) is 29.3 Å². The van der Waals surface area contributed by atoms with Gasteiger partial charge in [0.15, 0.2) is 0 Å². The molecule has 0 spiro atoms. The molecule has 0 saturated carbocycles. The van der Waals surface area contributed by atoms with Crippen LogP contribution in [0.4, 0.5) is 14.9 Å². The van der Waals surface area contributed by atoms with Crippen molar-refractivity contribution in [2.24, 2.45) is 0 Å². The number of piperidine rings is 1. The van der Waals surface area contributed by atoms with Gasteiger partial charge in [0.25, 0.3) is 0 Å². The second-order valence-corrected chi connectivity index (χ2v) is 8.88. The SMILES string of the molecule is CC(C)(C)OC(=O)N[C@H]1CCCN(c2cc(Cl)ncc2-c2ccc(F)c(Cl)c2)C1. The van der Waals surface area contributed by atoms with Gasteiger partial charge in [-0.05, 0) is 57.4 Å². The first kappa shape index (κ1) is 21.7. The number of benzene rings is 1. The summed E-state index contributed by atoms with van der Waals surface area (Å²) in [5, 5.41) is 3.35. The maximum atomic E-state index is 13.6. The molecule has 1 aromatic carbocycles. The van der Waals surface area contributed by atoms with Gasteiger partial charge < -0.3 is 15.0 Å². The highest BCUT2D eigenvalue weighted by Crippen LogP contribution is 2.35. The van der Waals surface area contributed by atoms with E-state index in [0.29, 0.717) is 11.7 Å². The molecule has 2 heterocycles. The van der Waals surface area contributed by atoms with Crippen LogP contribution >= 0.6 is 23.2 Å². The lowest BCUT2D eigenvalue weighted by atomic mass is 10.0. The van der Waals surface area contributed by atoms with E-state index in [0.717, 1.165) is 36.2 Å². The van der Waals surface area contributed by atoms with Crippen molar-refractivity contribution in [2.75, 3.05) is 18.0 Å². The Bertz CT molecular complexity index is 902. The van der Waals surface area contributed by atoms with Crippen molar-refractivity contribution in [1.82, 2.24) is 10.3 Å². The van der Waals surface area contributed by atoms with Crippen molar-refractivity contribution in [1.29, 1.82) is 0 Å². The Morgan fingerprint density at radius 3 is 2.76 bits per heavy atom. The fraction of sp³-hybridized carbons (Fsp3) is 0.429. The van der Waals surface area contributed by atoms with Crippen LogP contribution in [0.1, 0.15) is 33.6 Å². The zero-order chi connectivity index (χ0) is 21.2. The van der Waals surface area contributed by atoms with Crippen LogP contribution in [0, 0.1) is 5.82 Å². The zero-order valence-electron chi connectivity index (χ0n) is 16.6. The largest absolute Gasteiger partial charge is 0.444 e. The molecule has 2 aromatic rings. The third-order valence-electron chi connectivity index (χ3n) is 4.56. The number of ether oxygens (including phenoxy) is 1. The Hall–Kier alpha value is -2.05. The number of amides is 1. The molecule has 0 aliphatic carbocycles. The van der Waals surface area contributed by atoms with Gasteiger partial charge in [-0.15, -0.1) is 0 Å². The smallest absolute Gasteiger partial charge is 0.407 e. The molecule has 0 bridgehead atoms. The topological polar surface area (TPSA) is 54.5 Å². The van der Waals surface area contributed by atoms with Gasteiger partial charge in [0, 0.05) is 36.6 Å². The predicted octanol–water partition coefficient (Wildman–Crippen LogP) is 5.69. The second kappa shape index (κ2) is 8.76. The van der Waals surface area contributed by atoms with E-state index in [1.807, 2.05) is 20.8 Å². The average molecular weight is 440 g/mol. The van der Waals surface area contributed by atoms with Crippen LogP contribution in [0.25, 0.3) is 11.1 Å². The maximum Gasteiger partial charge on any atom is 0.407 e. The number of nitrogens with one attached hydrogen (secondary N) is 1. The molecule has 1 saturated heterocycles. The number of hydrogen-bond donors (Lipinski definition) is 1. The summed E-state index contributed by atoms with van der Waals surface area (Å²) in [7, 11) is 0. The number of alkyl carbamates (subject to hydrolysis) is 1. The number of hydrogen-bond acceptors (Lipinski definition) is 4. The van der Waals surface area contributed by atoms with Gasteiger partial charge in [-0.2, -0.15) is 0 Å². The first-order valence-corrected chi connectivity index (χ1v) is 10.2. The summed E-state index contributed by atoms with van der Waals surface area (Å²) < 4.78 is 19.0. The van der Waals surface area contributed by atoms with Crippen LogP contribution in [0.2, 0.25) is 10.2 Å². The summed E-state index contributed by atoms with van der Waals surface area (Å²) in [6.45, 7) is 6.90. The van der Waals surface area contributed by atoms with E-state index in [-0.39, 0.29) is 11.1 Å². The van der Waals surface area contributed by atoms with Crippen molar-refractivity contribution < 1.29 is 13.9 Å². The van der Waals surface area contributed by atoms with E-state index < -0.39 is 17.5 Å². The Balaban J connectivity index is 1.83. The van der Waals surface area contributed by atoms with Gasteiger partial charge in [0.2, 0.25) is 0 Å². The molecule has 0 unspecified atom stereocenters. The van der Waals surface area contributed by atoms with E-state index in [4.69, 9.17) is 27.9 Å². The van der Waals surface area contributed by atoms with E-state index >= 15 is 0 Å². The highest BCUT2D eigenvalue weighted by Gasteiger charge is 2.26. The summed E-state index contributed by atoms with van der Waals surface area (Å²) in [6.07, 6.45) is 2.98. The summed E-state index contributed by atoms with van der Waals surface area (Å²) in [5.41, 5.74) is 1.86. The summed E-state index contributed by atoms with van der Waals surface area (Å²) in [6, 6.07) is 6.29. The number of anilines is 1. The maximum absolute atomic E-state index is 13.6. The molecule has 156 valence electrons. The first-order valence-electron chi connectivity index (χ1n) is 9.48. The molecule has 1 aromatic heterocycles. The Labute approximate surface area is 180 Å². The molecule has 3 rings (SSSR count). The molecule has 1 amide bonds. The minimum absolute atomic E-state index is 0.0477. The molecule has 1 N–H and O–H groups in total. The molecule has 1 aliphatic rings. The Morgan fingerprint density at radius 1 is 1.31 bits per heavy atom. The standard InChI is InChI=1S/C21H24Cl2FN3O2/c1-21(2,3)29-20(28)26-14-5-4-8-27(12-14)18-10-19(23)25-11-15(18)13-6-7-17(24)16(22)9-13/h6-7,9-11,14H,4-5,8,12H2,1-3H3,(H,26,28)/t14-/m0/s1. The van der Waals surface area contributed by atoms with E-state index in [1.165, 1.54) is 6.07 Å². The molecule has 1 fully saturated rings. The number of pyridine rings is 1. The average Bonchev–Trinajstić information content (AvgIpc) is 2.62. The van der Waals surface area contributed by atoms with Crippen molar-refractivity contribution in [3.8, 4) is 11.1 Å². The lowest BCUT2D eigenvalue weighted by Gasteiger charge is -2.36. The van der Waals surface area contributed by atoms with Crippen LogP contribution in [0.15, 0.2) is 30.5 Å².